The van der Waals surface area contributed by atoms with E-state index in [1.165, 1.54) is 0 Å². The van der Waals surface area contributed by atoms with Gasteiger partial charge in [0, 0.05) is 38.9 Å². The molecular formula is C18H28N4O3. The SMILES string of the molecule is CCOC(=O)N1CCN(c2cncc(C(=O)NCCC(C)C)c2)CC1. The van der Waals surface area contributed by atoms with Crippen LogP contribution in [0.15, 0.2) is 18.5 Å². The molecule has 1 aliphatic rings. The van der Waals surface area contributed by atoms with Crippen LogP contribution in [0.5, 0.6) is 0 Å². The summed E-state index contributed by atoms with van der Waals surface area (Å²) >= 11 is 0. The van der Waals surface area contributed by atoms with Gasteiger partial charge in [0.2, 0.25) is 0 Å². The molecule has 0 radical (unpaired) electrons. The maximum atomic E-state index is 12.2. The number of aromatic nitrogens is 1. The van der Waals surface area contributed by atoms with E-state index in [-0.39, 0.29) is 12.0 Å². The van der Waals surface area contributed by atoms with Gasteiger partial charge in [-0.2, -0.15) is 0 Å². The van der Waals surface area contributed by atoms with Crippen LogP contribution in [-0.4, -0.2) is 61.2 Å². The second kappa shape index (κ2) is 9.25. The third-order valence-corrected chi connectivity index (χ3v) is 4.16. The molecule has 1 aromatic heterocycles. The molecule has 1 aliphatic heterocycles. The molecule has 0 aliphatic carbocycles. The van der Waals surface area contributed by atoms with Gasteiger partial charge in [0.05, 0.1) is 24.1 Å². The lowest BCUT2D eigenvalue weighted by atomic mass is 10.1. The fourth-order valence-corrected chi connectivity index (χ4v) is 2.66. The van der Waals surface area contributed by atoms with E-state index in [2.05, 4.69) is 29.0 Å². The van der Waals surface area contributed by atoms with Crippen LogP contribution < -0.4 is 10.2 Å². The van der Waals surface area contributed by atoms with E-state index in [4.69, 9.17) is 4.74 Å². The molecule has 1 N–H and O–H groups in total. The van der Waals surface area contributed by atoms with Crippen molar-refractivity contribution >= 4 is 17.7 Å². The quantitative estimate of drug-likeness (QED) is 0.852. The number of carbonyl (C=O) groups excluding carboxylic acids is 2. The standard InChI is InChI=1S/C18H28N4O3/c1-4-25-18(24)22-9-7-21(8-10-22)16-11-15(12-19-13-16)17(23)20-6-5-14(2)3/h11-14H,4-10H2,1-3H3,(H,20,23). The van der Waals surface area contributed by atoms with Crippen LogP contribution in [0, 0.1) is 5.92 Å². The van der Waals surface area contributed by atoms with Crippen molar-refractivity contribution in [1.29, 1.82) is 0 Å². The lowest BCUT2D eigenvalue weighted by Crippen LogP contribution is -2.49. The third-order valence-electron chi connectivity index (χ3n) is 4.16. The summed E-state index contributed by atoms with van der Waals surface area (Å²) < 4.78 is 5.03. The molecule has 0 bridgehead atoms. The summed E-state index contributed by atoms with van der Waals surface area (Å²) in [5, 5.41) is 2.93. The Kier molecular flexibility index (Phi) is 7.03. The molecule has 0 unspecified atom stereocenters. The number of rotatable bonds is 6. The van der Waals surface area contributed by atoms with E-state index in [9.17, 15) is 9.59 Å². The monoisotopic (exact) mass is 348 g/mol. The summed E-state index contributed by atoms with van der Waals surface area (Å²) in [4.78, 5) is 32.0. The third kappa shape index (κ3) is 5.62. The Morgan fingerprint density at radius 1 is 1.24 bits per heavy atom. The molecule has 0 aromatic carbocycles. The first-order valence-corrected chi connectivity index (χ1v) is 8.91. The average Bonchev–Trinajstić information content (AvgIpc) is 2.62. The van der Waals surface area contributed by atoms with Gasteiger partial charge in [-0.25, -0.2) is 4.79 Å². The van der Waals surface area contributed by atoms with Gasteiger partial charge in [0.1, 0.15) is 0 Å². The molecule has 0 saturated carbocycles. The summed E-state index contributed by atoms with van der Waals surface area (Å²) in [6.07, 6.45) is 4.03. The van der Waals surface area contributed by atoms with Crippen molar-refractivity contribution in [1.82, 2.24) is 15.2 Å². The number of anilines is 1. The summed E-state index contributed by atoms with van der Waals surface area (Å²) in [7, 11) is 0. The summed E-state index contributed by atoms with van der Waals surface area (Å²) in [6, 6.07) is 1.86. The minimum Gasteiger partial charge on any atom is -0.450 e. The van der Waals surface area contributed by atoms with Crippen LogP contribution >= 0.6 is 0 Å². The van der Waals surface area contributed by atoms with Crippen molar-refractivity contribution in [3.8, 4) is 0 Å². The molecule has 7 heteroatoms. The highest BCUT2D eigenvalue weighted by atomic mass is 16.6. The average molecular weight is 348 g/mol. The molecule has 138 valence electrons. The second-order valence-electron chi connectivity index (χ2n) is 6.54. The smallest absolute Gasteiger partial charge is 0.409 e. The molecule has 25 heavy (non-hydrogen) atoms. The summed E-state index contributed by atoms with van der Waals surface area (Å²) in [5.41, 5.74) is 1.47. The number of nitrogens with one attached hydrogen (secondary N) is 1. The van der Waals surface area contributed by atoms with Crippen molar-refractivity contribution in [2.45, 2.75) is 27.2 Å². The predicted octanol–water partition coefficient (Wildman–Crippen LogP) is 2.14. The first-order chi connectivity index (χ1) is 12.0. The van der Waals surface area contributed by atoms with Gasteiger partial charge in [-0.3, -0.25) is 9.78 Å². The summed E-state index contributed by atoms with van der Waals surface area (Å²) in [6.45, 7) is 9.70. The fourth-order valence-electron chi connectivity index (χ4n) is 2.66. The van der Waals surface area contributed by atoms with Gasteiger partial charge in [-0.15, -0.1) is 0 Å². The highest BCUT2D eigenvalue weighted by Crippen LogP contribution is 2.17. The number of carbonyl (C=O) groups is 2. The zero-order chi connectivity index (χ0) is 18.2. The van der Waals surface area contributed by atoms with E-state index in [0.29, 0.717) is 50.8 Å². The minimum atomic E-state index is -0.265. The molecule has 1 saturated heterocycles. The molecule has 0 atom stereocenters. The predicted molar refractivity (Wildman–Crippen MR) is 96.8 cm³/mol. The highest BCUT2D eigenvalue weighted by Gasteiger charge is 2.22. The second-order valence-corrected chi connectivity index (χ2v) is 6.54. The molecule has 7 nitrogen and oxygen atoms in total. The topological polar surface area (TPSA) is 74.8 Å². The van der Waals surface area contributed by atoms with Crippen LogP contribution in [0.1, 0.15) is 37.6 Å². The maximum Gasteiger partial charge on any atom is 0.409 e. The van der Waals surface area contributed by atoms with Crippen molar-refractivity contribution in [3.05, 3.63) is 24.0 Å². The first kappa shape index (κ1) is 19.0. The van der Waals surface area contributed by atoms with Gasteiger partial charge in [0.15, 0.2) is 0 Å². The van der Waals surface area contributed by atoms with Gasteiger partial charge in [-0.1, -0.05) is 13.8 Å². The highest BCUT2D eigenvalue weighted by molar-refractivity contribution is 5.94. The number of hydrogen-bond donors (Lipinski definition) is 1. The van der Waals surface area contributed by atoms with E-state index in [0.717, 1.165) is 12.1 Å². The Labute approximate surface area is 149 Å². The molecule has 0 spiro atoms. The van der Waals surface area contributed by atoms with Crippen molar-refractivity contribution < 1.29 is 14.3 Å². The zero-order valence-corrected chi connectivity index (χ0v) is 15.3. The van der Waals surface area contributed by atoms with Crippen molar-refractivity contribution in [2.75, 3.05) is 44.2 Å². The lowest BCUT2D eigenvalue weighted by molar-refractivity contribution is 0.0951. The van der Waals surface area contributed by atoms with Crippen LogP contribution in [0.4, 0.5) is 10.5 Å². The maximum absolute atomic E-state index is 12.2. The summed E-state index contributed by atoms with van der Waals surface area (Å²) in [5.74, 6) is 0.459. The molecular weight excluding hydrogens is 320 g/mol. The van der Waals surface area contributed by atoms with Crippen LogP contribution in [0.3, 0.4) is 0 Å². The largest absolute Gasteiger partial charge is 0.450 e. The molecule has 2 rings (SSSR count). The van der Waals surface area contributed by atoms with Gasteiger partial charge in [0.25, 0.3) is 5.91 Å². The van der Waals surface area contributed by atoms with Crippen molar-refractivity contribution in [3.63, 3.8) is 0 Å². The van der Waals surface area contributed by atoms with E-state index >= 15 is 0 Å². The molecule has 1 aromatic rings. The lowest BCUT2D eigenvalue weighted by Gasteiger charge is -2.35. The number of piperazine rings is 1. The minimum absolute atomic E-state index is 0.0971. The van der Waals surface area contributed by atoms with Gasteiger partial charge < -0.3 is 19.9 Å². The number of ether oxygens (including phenoxy) is 1. The Hall–Kier alpha value is -2.31. The van der Waals surface area contributed by atoms with Gasteiger partial charge >= 0.3 is 6.09 Å². The Morgan fingerprint density at radius 3 is 2.60 bits per heavy atom. The van der Waals surface area contributed by atoms with Gasteiger partial charge in [-0.05, 0) is 25.3 Å². The van der Waals surface area contributed by atoms with Crippen LogP contribution in [0.25, 0.3) is 0 Å². The first-order valence-electron chi connectivity index (χ1n) is 8.91. The Balaban J connectivity index is 1.91. The number of nitrogens with zero attached hydrogens (tertiary/aromatic N) is 3. The number of amides is 2. The van der Waals surface area contributed by atoms with Crippen LogP contribution in [0.2, 0.25) is 0 Å². The molecule has 1 fully saturated rings. The zero-order valence-electron chi connectivity index (χ0n) is 15.3. The molecule has 2 heterocycles. The number of hydrogen-bond acceptors (Lipinski definition) is 5. The van der Waals surface area contributed by atoms with E-state index < -0.39 is 0 Å². The fraction of sp³-hybridized carbons (Fsp3) is 0.611. The van der Waals surface area contributed by atoms with E-state index in [1.807, 2.05) is 6.07 Å². The Morgan fingerprint density at radius 2 is 1.96 bits per heavy atom. The van der Waals surface area contributed by atoms with E-state index in [1.54, 1.807) is 24.2 Å². The normalized spacial score (nSPS) is 14.6. The van der Waals surface area contributed by atoms with Crippen molar-refractivity contribution in [2.24, 2.45) is 5.92 Å². The van der Waals surface area contributed by atoms with Crippen LogP contribution in [-0.2, 0) is 4.74 Å². The molecule has 2 amide bonds. The Bertz CT molecular complexity index is 583. The number of pyridine rings is 1.